The molecule has 24 heavy (non-hydrogen) atoms. The van der Waals surface area contributed by atoms with E-state index >= 15 is 0 Å². The molecule has 5 nitrogen and oxygen atoms in total. The number of aryl methyl sites for hydroxylation is 1. The number of benzene rings is 1. The van der Waals surface area contributed by atoms with Gasteiger partial charge in [-0.15, -0.1) is 0 Å². The first kappa shape index (κ1) is 15.1. The van der Waals surface area contributed by atoms with Crippen molar-refractivity contribution < 1.29 is 4.74 Å². The van der Waals surface area contributed by atoms with Crippen LogP contribution in [0.2, 0.25) is 0 Å². The maximum absolute atomic E-state index is 5.49. The molecule has 0 spiro atoms. The molecule has 1 aliphatic rings. The summed E-state index contributed by atoms with van der Waals surface area (Å²) in [5.74, 6) is 0.634. The second-order valence-corrected chi connectivity index (χ2v) is 6.39. The Balaban J connectivity index is 1.76. The highest BCUT2D eigenvalue weighted by Crippen LogP contribution is 2.32. The average molecular weight is 322 g/mol. The summed E-state index contributed by atoms with van der Waals surface area (Å²) in [4.78, 5) is 12.5. The highest BCUT2D eigenvalue weighted by molar-refractivity contribution is 5.77. The van der Waals surface area contributed by atoms with Crippen molar-refractivity contribution in [3.8, 4) is 22.6 Å². The minimum Gasteiger partial charge on any atom is -0.381 e. The van der Waals surface area contributed by atoms with E-state index in [4.69, 9.17) is 9.72 Å². The number of imidazole rings is 2. The van der Waals surface area contributed by atoms with E-state index in [0.29, 0.717) is 5.92 Å². The molecule has 1 aliphatic heterocycles. The molecule has 1 N–H and O–H groups in total. The van der Waals surface area contributed by atoms with Gasteiger partial charge >= 0.3 is 0 Å². The van der Waals surface area contributed by atoms with Crippen LogP contribution in [0.15, 0.2) is 43.0 Å². The van der Waals surface area contributed by atoms with E-state index in [1.807, 2.05) is 24.5 Å². The van der Waals surface area contributed by atoms with Gasteiger partial charge < -0.3 is 14.3 Å². The van der Waals surface area contributed by atoms with E-state index in [-0.39, 0.29) is 0 Å². The number of nitrogens with one attached hydrogen (secondary N) is 1. The Morgan fingerprint density at radius 2 is 1.92 bits per heavy atom. The normalized spacial score (nSPS) is 15.7. The Hall–Kier alpha value is -2.40. The van der Waals surface area contributed by atoms with Gasteiger partial charge in [-0.25, -0.2) is 9.97 Å². The number of H-pyrrole nitrogens is 1. The van der Waals surface area contributed by atoms with Gasteiger partial charge in [-0.2, -0.15) is 0 Å². The number of aromatic nitrogens is 4. The SMILES string of the molecule is Cc1[nH]cnc1-c1c(-c2ccccc2)ncn1CC1CCOCC1. The fourth-order valence-corrected chi connectivity index (χ4v) is 3.38. The quantitative estimate of drug-likeness (QED) is 0.797. The molecule has 0 aliphatic carbocycles. The molecule has 4 rings (SSSR count). The van der Waals surface area contributed by atoms with Crippen molar-refractivity contribution in [2.45, 2.75) is 26.3 Å². The summed E-state index contributed by atoms with van der Waals surface area (Å²) in [5.41, 5.74) is 5.28. The summed E-state index contributed by atoms with van der Waals surface area (Å²) in [6.07, 6.45) is 5.93. The fraction of sp³-hybridized carbons (Fsp3) is 0.368. The van der Waals surface area contributed by atoms with E-state index < -0.39 is 0 Å². The molecule has 3 aromatic rings. The molecule has 1 fully saturated rings. The molecule has 0 bridgehead atoms. The lowest BCUT2D eigenvalue weighted by Gasteiger charge is -2.23. The Morgan fingerprint density at radius 3 is 2.62 bits per heavy atom. The predicted octanol–water partition coefficient (Wildman–Crippen LogP) is 3.68. The molecule has 0 unspecified atom stereocenters. The Bertz CT molecular complexity index is 800. The molecule has 1 saturated heterocycles. The van der Waals surface area contributed by atoms with Crippen LogP contribution in [0.1, 0.15) is 18.5 Å². The van der Waals surface area contributed by atoms with Gasteiger partial charge in [-0.3, -0.25) is 0 Å². The zero-order valence-electron chi connectivity index (χ0n) is 13.9. The van der Waals surface area contributed by atoms with Crippen LogP contribution >= 0.6 is 0 Å². The fourth-order valence-electron chi connectivity index (χ4n) is 3.38. The lowest BCUT2D eigenvalue weighted by Crippen LogP contribution is -2.20. The van der Waals surface area contributed by atoms with Crippen LogP contribution in [0.25, 0.3) is 22.6 Å². The maximum Gasteiger partial charge on any atom is 0.110 e. The second-order valence-electron chi connectivity index (χ2n) is 6.39. The molecular weight excluding hydrogens is 300 g/mol. The first-order valence-corrected chi connectivity index (χ1v) is 8.51. The highest BCUT2D eigenvalue weighted by Gasteiger charge is 2.21. The number of ether oxygens (including phenoxy) is 1. The lowest BCUT2D eigenvalue weighted by atomic mass is 10.00. The molecule has 0 radical (unpaired) electrons. The third kappa shape index (κ3) is 2.87. The van der Waals surface area contributed by atoms with Crippen molar-refractivity contribution in [1.82, 2.24) is 19.5 Å². The van der Waals surface area contributed by atoms with Gasteiger partial charge in [0.25, 0.3) is 0 Å². The largest absolute Gasteiger partial charge is 0.381 e. The van der Waals surface area contributed by atoms with Gasteiger partial charge in [0.05, 0.1) is 24.0 Å². The van der Waals surface area contributed by atoms with E-state index in [2.05, 4.69) is 33.6 Å². The molecule has 0 saturated carbocycles. The van der Waals surface area contributed by atoms with E-state index in [9.17, 15) is 0 Å². The Kier molecular flexibility index (Phi) is 4.17. The third-order valence-corrected chi connectivity index (χ3v) is 4.73. The summed E-state index contributed by atoms with van der Waals surface area (Å²) in [5, 5.41) is 0. The zero-order chi connectivity index (χ0) is 16.4. The molecule has 124 valence electrons. The number of hydrogen-bond donors (Lipinski definition) is 1. The highest BCUT2D eigenvalue weighted by atomic mass is 16.5. The molecule has 0 amide bonds. The molecule has 3 heterocycles. The topological polar surface area (TPSA) is 55.7 Å². The van der Waals surface area contributed by atoms with Crippen LogP contribution < -0.4 is 0 Å². The summed E-state index contributed by atoms with van der Waals surface area (Å²) in [7, 11) is 0. The van der Waals surface area contributed by atoms with Crippen molar-refractivity contribution in [3.63, 3.8) is 0 Å². The van der Waals surface area contributed by atoms with Gasteiger partial charge in [-0.05, 0) is 25.7 Å². The third-order valence-electron chi connectivity index (χ3n) is 4.73. The molecule has 0 atom stereocenters. The van der Waals surface area contributed by atoms with Crippen LogP contribution in [0.3, 0.4) is 0 Å². The van der Waals surface area contributed by atoms with Crippen LogP contribution in [-0.4, -0.2) is 32.7 Å². The predicted molar refractivity (Wildman–Crippen MR) is 93.5 cm³/mol. The minimum atomic E-state index is 0.634. The summed E-state index contributed by atoms with van der Waals surface area (Å²) in [6, 6.07) is 10.3. The van der Waals surface area contributed by atoms with Gasteiger partial charge in [0.1, 0.15) is 5.69 Å². The van der Waals surface area contributed by atoms with Gasteiger partial charge in [0.2, 0.25) is 0 Å². The Labute approximate surface area is 141 Å². The first-order valence-electron chi connectivity index (χ1n) is 8.51. The minimum absolute atomic E-state index is 0.634. The maximum atomic E-state index is 5.49. The van der Waals surface area contributed by atoms with E-state index in [1.54, 1.807) is 6.33 Å². The van der Waals surface area contributed by atoms with Crippen LogP contribution in [-0.2, 0) is 11.3 Å². The summed E-state index contributed by atoms with van der Waals surface area (Å²) in [6.45, 7) is 4.75. The summed E-state index contributed by atoms with van der Waals surface area (Å²) < 4.78 is 7.76. The van der Waals surface area contributed by atoms with E-state index in [0.717, 1.165) is 60.9 Å². The van der Waals surface area contributed by atoms with Crippen molar-refractivity contribution >= 4 is 0 Å². The number of rotatable bonds is 4. The molecule has 2 aromatic heterocycles. The smallest absolute Gasteiger partial charge is 0.110 e. The number of aromatic amines is 1. The van der Waals surface area contributed by atoms with E-state index in [1.165, 1.54) is 0 Å². The number of nitrogens with zero attached hydrogens (tertiary/aromatic N) is 3. The standard InChI is InChI=1S/C19H22N4O/c1-14-17(21-12-20-14)19-18(16-5-3-2-4-6-16)22-13-23(19)11-15-7-9-24-10-8-15/h2-6,12-13,15H,7-11H2,1H3,(H,20,21). The number of hydrogen-bond acceptors (Lipinski definition) is 3. The van der Waals surface area contributed by atoms with Crippen LogP contribution in [0.4, 0.5) is 0 Å². The summed E-state index contributed by atoms with van der Waals surface area (Å²) >= 11 is 0. The molecule has 1 aromatic carbocycles. The van der Waals surface area contributed by atoms with Gasteiger partial charge in [0, 0.05) is 31.0 Å². The first-order chi connectivity index (χ1) is 11.8. The van der Waals surface area contributed by atoms with Gasteiger partial charge in [0.15, 0.2) is 0 Å². The zero-order valence-corrected chi connectivity index (χ0v) is 13.9. The van der Waals surface area contributed by atoms with Crippen molar-refractivity contribution in [2.24, 2.45) is 5.92 Å². The van der Waals surface area contributed by atoms with Crippen molar-refractivity contribution in [3.05, 3.63) is 48.7 Å². The monoisotopic (exact) mass is 322 g/mol. The molecule has 5 heteroatoms. The second kappa shape index (κ2) is 6.61. The Morgan fingerprint density at radius 1 is 1.12 bits per heavy atom. The lowest BCUT2D eigenvalue weighted by molar-refractivity contribution is 0.0614. The van der Waals surface area contributed by atoms with Crippen molar-refractivity contribution in [1.29, 1.82) is 0 Å². The van der Waals surface area contributed by atoms with Crippen LogP contribution in [0, 0.1) is 12.8 Å². The average Bonchev–Trinajstić information content (AvgIpc) is 3.22. The van der Waals surface area contributed by atoms with Crippen molar-refractivity contribution in [2.75, 3.05) is 13.2 Å². The molecular formula is C19H22N4O. The van der Waals surface area contributed by atoms with Gasteiger partial charge in [-0.1, -0.05) is 30.3 Å². The van der Waals surface area contributed by atoms with Crippen LogP contribution in [0.5, 0.6) is 0 Å².